The minimum atomic E-state index is -0.479. The lowest BCUT2D eigenvalue weighted by atomic mass is 10.1. The van der Waals surface area contributed by atoms with E-state index in [1.165, 1.54) is 0 Å². The molecule has 2 heterocycles. The Labute approximate surface area is 135 Å². The monoisotopic (exact) mass is 317 g/mol. The van der Waals surface area contributed by atoms with Gasteiger partial charge in [-0.2, -0.15) is 10.2 Å². The summed E-state index contributed by atoms with van der Waals surface area (Å²) in [5.41, 5.74) is 1.88. The lowest BCUT2D eigenvalue weighted by Crippen LogP contribution is -2.40. The summed E-state index contributed by atoms with van der Waals surface area (Å²) < 4.78 is 1.88. The molecule has 1 aliphatic carbocycles. The molecule has 3 atom stereocenters. The molecule has 1 fully saturated rings. The van der Waals surface area contributed by atoms with E-state index in [9.17, 15) is 9.90 Å². The van der Waals surface area contributed by atoms with Crippen LogP contribution in [0, 0.1) is 12.8 Å². The van der Waals surface area contributed by atoms with Crippen molar-refractivity contribution in [2.45, 2.75) is 51.3 Å². The second-order valence-electron chi connectivity index (χ2n) is 6.35. The Bertz CT molecular complexity index is 637. The first-order chi connectivity index (χ1) is 11.1. The van der Waals surface area contributed by atoms with Crippen molar-refractivity contribution in [3.05, 3.63) is 35.9 Å². The number of H-pyrrole nitrogens is 1. The fourth-order valence-corrected chi connectivity index (χ4v) is 3.22. The Balaban J connectivity index is 1.44. The second-order valence-corrected chi connectivity index (χ2v) is 6.35. The zero-order chi connectivity index (χ0) is 16.2. The molecule has 1 amide bonds. The molecule has 0 spiro atoms. The summed E-state index contributed by atoms with van der Waals surface area (Å²) in [5, 5.41) is 24.3. The topological polar surface area (TPSA) is 95.8 Å². The van der Waals surface area contributed by atoms with Gasteiger partial charge in [-0.1, -0.05) is 0 Å². The molecule has 1 saturated carbocycles. The van der Waals surface area contributed by atoms with Crippen molar-refractivity contribution in [2.24, 2.45) is 5.92 Å². The molecule has 0 bridgehead atoms. The number of aromatic amines is 1. The van der Waals surface area contributed by atoms with Gasteiger partial charge in [-0.05, 0) is 37.8 Å². The van der Waals surface area contributed by atoms with Gasteiger partial charge in [-0.3, -0.25) is 14.6 Å². The van der Waals surface area contributed by atoms with Crippen molar-refractivity contribution in [2.75, 3.05) is 0 Å². The van der Waals surface area contributed by atoms with Crippen LogP contribution in [-0.4, -0.2) is 43.1 Å². The zero-order valence-electron chi connectivity index (χ0n) is 13.3. The predicted octanol–water partition coefficient (Wildman–Crippen LogP) is 0.803. The predicted molar refractivity (Wildman–Crippen MR) is 84.5 cm³/mol. The van der Waals surface area contributed by atoms with Crippen LogP contribution >= 0.6 is 0 Å². The van der Waals surface area contributed by atoms with Gasteiger partial charge in [0, 0.05) is 37.5 Å². The van der Waals surface area contributed by atoms with E-state index in [2.05, 4.69) is 20.6 Å². The molecule has 3 rings (SSSR count). The van der Waals surface area contributed by atoms with E-state index in [1.807, 2.05) is 29.9 Å². The Hall–Kier alpha value is -2.15. The number of aromatic nitrogens is 4. The van der Waals surface area contributed by atoms with Crippen molar-refractivity contribution in [1.82, 2.24) is 25.3 Å². The van der Waals surface area contributed by atoms with Crippen molar-refractivity contribution < 1.29 is 9.90 Å². The molecule has 0 saturated heterocycles. The lowest BCUT2D eigenvalue weighted by Gasteiger charge is -2.16. The van der Waals surface area contributed by atoms with E-state index < -0.39 is 6.10 Å². The normalized spacial score (nSPS) is 24.0. The number of hydrogen-bond acceptors (Lipinski definition) is 4. The molecular weight excluding hydrogens is 294 g/mol. The molecular formula is C16H23N5O2. The van der Waals surface area contributed by atoms with Gasteiger partial charge in [0.2, 0.25) is 5.91 Å². The minimum absolute atomic E-state index is 0.0329. The van der Waals surface area contributed by atoms with Crippen molar-refractivity contribution in [3.63, 3.8) is 0 Å². The summed E-state index contributed by atoms with van der Waals surface area (Å²) in [6.45, 7) is 2.72. The first-order valence-corrected chi connectivity index (χ1v) is 8.06. The quantitative estimate of drug-likeness (QED) is 0.734. The molecule has 2 aromatic heterocycles. The molecule has 0 aromatic carbocycles. The summed E-state index contributed by atoms with van der Waals surface area (Å²) in [4.78, 5) is 12.1. The maximum atomic E-state index is 12.1. The number of aliphatic hydroxyl groups is 1. The van der Waals surface area contributed by atoms with Gasteiger partial charge in [-0.25, -0.2) is 0 Å². The van der Waals surface area contributed by atoms with Crippen LogP contribution in [0.1, 0.15) is 30.7 Å². The van der Waals surface area contributed by atoms with Gasteiger partial charge in [-0.15, -0.1) is 0 Å². The molecule has 1 unspecified atom stereocenters. The first kappa shape index (κ1) is 15.7. The minimum Gasteiger partial charge on any atom is -0.391 e. The molecule has 3 N–H and O–H groups in total. The molecule has 1 aliphatic rings. The SMILES string of the molecule is Cc1cc(CCC(=O)N[C@@H]2CC(Cn3cccn3)C[C@H]2O)n[nH]1. The summed E-state index contributed by atoms with van der Waals surface area (Å²) in [7, 11) is 0. The number of hydrogen-bond donors (Lipinski definition) is 3. The molecule has 2 aromatic rings. The van der Waals surface area contributed by atoms with Gasteiger partial charge >= 0.3 is 0 Å². The van der Waals surface area contributed by atoms with E-state index in [4.69, 9.17) is 0 Å². The molecule has 0 radical (unpaired) electrons. The number of aryl methyl sites for hydroxylation is 2. The van der Waals surface area contributed by atoms with Crippen molar-refractivity contribution in [1.29, 1.82) is 0 Å². The Morgan fingerprint density at radius 1 is 1.52 bits per heavy atom. The number of rotatable bonds is 6. The van der Waals surface area contributed by atoms with Crippen molar-refractivity contribution >= 4 is 5.91 Å². The zero-order valence-corrected chi connectivity index (χ0v) is 13.3. The number of nitrogens with zero attached hydrogens (tertiary/aromatic N) is 3. The number of carbonyl (C=O) groups is 1. The fourth-order valence-electron chi connectivity index (χ4n) is 3.22. The molecule has 23 heavy (non-hydrogen) atoms. The molecule has 7 nitrogen and oxygen atoms in total. The van der Waals surface area contributed by atoms with E-state index in [-0.39, 0.29) is 11.9 Å². The third kappa shape index (κ3) is 4.19. The lowest BCUT2D eigenvalue weighted by molar-refractivity contribution is -0.122. The van der Waals surface area contributed by atoms with Crippen LogP contribution in [0.2, 0.25) is 0 Å². The van der Waals surface area contributed by atoms with Crippen LogP contribution in [0.3, 0.4) is 0 Å². The van der Waals surface area contributed by atoms with E-state index in [1.54, 1.807) is 6.20 Å². The average molecular weight is 317 g/mol. The summed E-state index contributed by atoms with van der Waals surface area (Å²) >= 11 is 0. The van der Waals surface area contributed by atoms with Crippen LogP contribution in [0.25, 0.3) is 0 Å². The summed E-state index contributed by atoms with van der Waals surface area (Å²) in [6, 6.07) is 3.67. The van der Waals surface area contributed by atoms with E-state index in [0.717, 1.165) is 24.4 Å². The Morgan fingerprint density at radius 3 is 3.09 bits per heavy atom. The van der Waals surface area contributed by atoms with Crippen LogP contribution in [0.15, 0.2) is 24.5 Å². The molecule has 0 aliphatic heterocycles. The third-order valence-electron chi connectivity index (χ3n) is 4.34. The van der Waals surface area contributed by atoms with Gasteiger partial charge in [0.15, 0.2) is 0 Å². The standard InChI is InChI=1S/C16H23N5O2/c1-11-7-13(20-19-11)3-4-16(23)18-14-8-12(9-15(14)22)10-21-6-2-5-17-21/h2,5-7,12,14-15,22H,3-4,8-10H2,1H3,(H,18,23)(H,19,20)/t12?,14-,15-/m1/s1. The first-order valence-electron chi connectivity index (χ1n) is 8.06. The van der Waals surface area contributed by atoms with Crippen LogP contribution in [0.4, 0.5) is 0 Å². The summed E-state index contributed by atoms with van der Waals surface area (Å²) in [6.07, 6.45) is 5.67. The van der Waals surface area contributed by atoms with Gasteiger partial charge < -0.3 is 10.4 Å². The highest BCUT2D eigenvalue weighted by molar-refractivity contribution is 5.76. The number of aliphatic hydroxyl groups excluding tert-OH is 1. The second kappa shape index (κ2) is 6.95. The fraction of sp³-hybridized carbons (Fsp3) is 0.562. The smallest absolute Gasteiger partial charge is 0.220 e. The van der Waals surface area contributed by atoms with E-state index >= 15 is 0 Å². The van der Waals surface area contributed by atoms with Crippen molar-refractivity contribution in [3.8, 4) is 0 Å². The maximum Gasteiger partial charge on any atom is 0.220 e. The largest absolute Gasteiger partial charge is 0.391 e. The van der Waals surface area contributed by atoms with Crippen LogP contribution in [-0.2, 0) is 17.8 Å². The highest BCUT2D eigenvalue weighted by atomic mass is 16.3. The summed E-state index contributed by atoms with van der Waals surface area (Å²) in [5.74, 6) is 0.304. The maximum absolute atomic E-state index is 12.1. The number of nitrogens with one attached hydrogen (secondary N) is 2. The number of amides is 1. The third-order valence-corrected chi connectivity index (χ3v) is 4.34. The molecule has 124 valence electrons. The highest BCUT2D eigenvalue weighted by Crippen LogP contribution is 2.27. The number of carbonyl (C=O) groups excluding carboxylic acids is 1. The van der Waals surface area contributed by atoms with Crippen LogP contribution in [0.5, 0.6) is 0 Å². The highest BCUT2D eigenvalue weighted by Gasteiger charge is 2.34. The Morgan fingerprint density at radius 2 is 2.39 bits per heavy atom. The molecule has 7 heteroatoms. The van der Waals surface area contributed by atoms with Gasteiger partial charge in [0.1, 0.15) is 0 Å². The van der Waals surface area contributed by atoms with Gasteiger partial charge in [0.05, 0.1) is 17.8 Å². The van der Waals surface area contributed by atoms with Gasteiger partial charge in [0.25, 0.3) is 0 Å². The van der Waals surface area contributed by atoms with E-state index in [0.29, 0.717) is 25.2 Å². The van der Waals surface area contributed by atoms with Crippen LogP contribution < -0.4 is 5.32 Å². The Kier molecular flexibility index (Phi) is 4.76. The average Bonchev–Trinajstić information content (AvgIpc) is 3.22.